The lowest BCUT2D eigenvalue weighted by Crippen LogP contribution is -2.53. The smallest absolute Gasteiger partial charge is 0.409 e. The van der Waals surface area contributed by atoms with Gasteiger partial charge >= 0.3 is 6.09 Å². The minimum Gasteiger partial charge on any atom is -0.450 e. The number of hydrogen-bond acceptors (Lipinski definition) is 3. The van der Waals surface area contributed by atoms with Crippen molar-refractivity contribution in [2.75, 3.05) is 45.9 Å². The van der Waals surface area contributed by atoms with Gasteiger partial charge in [0.05, 0.1) is 6.61 Å². The molecular weight excluding hydrogens is 316 g/mol. The second kappa shape index (κ2) is 10.6. The number of ether oxygens (including phenoxy) is 1. The first-order valence-electron chi connectivity index (χ1n) is 9.23. The van der Waals surface area contributed by atoms with Gasteiger partial charge in [0, 0.05) is 39.3 Å². The van der Waals surface area contributed by atoms with E-state index in [1.54, 1.807) is 4.90 Å². The second-order valence-electron chi connectivity index (χ2n) is 6.00. The van der Waals surface area contributed by atoms with Crippen LogP contribution in [0.4, 0.5) is 4.79 Å². The Bertz CT molecular complexity index is 540. The van der Waals surface area contributed by atoms with Gasteiger partial charge in [0.2, 0.25) is 0 Å². The summed E-state index contributed by atoms with van der Waals surface area (Å²) in [5, 5.41) is 3.36. The van der Waals surface area contributed by atoms with E-state index >= 15 is 0 Å². The number of nitrogens with one attached hydrogen (secondary N) is 1. The third-order valence-corrected chi connectivity index (χ3v) is 4.17. The Morgan fingerprint density at radius 1 is 1.12 bits per heavy atom. The summed E-state index contributed by atoms with van der Waals surface area (Å²) in [4.78, 5) is 20.5. The number of piperazine rings is 1. The molecule has 1 aromatic carbocycles. The van der Waals surface area contributed by atoms with E-state index in [0.717, 1.165) is 45.0 Å². The molecule has 1 N–H and O–H groups in total. The van der Waals surface area contributed by atoms with Gasteiger partial charge in [-0.05, 0) is 32.3 Å². The number of aryl methyl sites for hydroxylation is 1. The molecule has 1 aliphatic rings. The number of guanidine groups is 1. The van der Waals surface area contributed by atoms with Crippen LogP contribution in [0.15, 0.2) is 35.3 Å². The largest absolute Gasteiger partial charge is 0.450 e. The van der Waals surface area contributed by atoms with Gasteiger partial charge in [-0.3, -0.25) is 4.99 Å². The van der Waals surface area contributed by atoms with Crippen LogP contribution in [-0.2, 0) is 11.2 Å². The van der Waals surface area contributed by atoms with Gasteiger partial charge in [0.25, 0.3) is 0 Å². The number of rotatable bonds is 6. The highest BCUT2D eigenvalue weighted by molar-refractivity contribution is 5.80. The molecule has 0 atom stereocenters. The minimum absolute atomic E-state index is 0.216. The van der Waals surface area contributed by atoms with Crippen LogP contribution in [0.3, 0.4) is 0 Å². The normalized spacial score (nSPS) is 15.2. The fourth-order valence-electron chi connectivity index (χ4n) is 2.85. The van der Waals surface area contributed by atoms with Crippen LogP contribution in [0.25, 0.3) is 0 Å². The number of nitrogens with zero attached hydrogens (tertiary/aromatic N) is 3. The SMILES string of the molecule is CCNC(=NCCCc1ccccc1)N1CCN(C(=O)OCC)CC1. The fraction of sp³-hybridized carbons (Fsp3) is 0.579. The highest BCUT2D eigenvalue weighted by atomic mass is 16.6. The van der Waals surface area contributed by atoms with Crippen LogP contribution >= 0.6 is 0 Å². The quantitative estimate of drug-likeness (QED) is 0.488. The molecule has 1 amide bonds. The maximum absolute atomic E-state index is 11.8. The van der Waals surface area contributed by atoms with E-state index in [4.69, 9.17) is 9.73 Å². The second-order valence-corrected chi connectivity index (χ2v) is 6.00. The van der Waals surface area contributed by atoms with Gasteiger partial charge in [-0.1, -0.05) is 30.3 Å². The molecule has 0 saturated carbocycles. The van der Waals surface area contributed by atoms with Gasteiger partial charge in [-0.2, -0.15) is 0 Å². The van der Waals surface area contributed by atoms with Crippen molar-refractivity contribution in [2.24, 2.45) is 4.99 Å². The molecule has 1 aliphatic heterocycles. The average molecular weight is 346 g/mol. The molecule has 6 heteroatoms. The Balaban J connectivity index is 1.80. The monoisotopic (exact) mass is 346 g/mol. The van der Waals surface area contributed by atoms with E-state index < -0.39 is 0 Å². The molecule has 2 rings (SSSR count). The van der Waals surface area contributed by atoms with Crippen molar-refractivity contribution in [3.63, 3.8) is 0 Å². The molecule has 1 fully saturated rings. The zero-order chi connectivity index (χ0) is 17.9. The van der Waals surface area contributed by atoms with Crippen molar-refractivity contribution in [3.05, 3.63) is 35.9 Å². The Hall–Kier alpha value is -2.24. The zero-order valence-electron chi connectivity index (χ0n) is 15.4. The maximum atomic E-state index is 11.8. The van der Waals surface area contributed by atoms with Gasteiger partial charge < -0.3 is 19.9 Å². The number of hydrogen-bond donors (Lipinski definition) is 1. The van der Waals surface area contributed by atoms with E-state index in [1.807, 2.05) is 13.0 Å². The van der Waals surface area contributed by atoms with Crippen LogP contribution in [-0.4, -0.2) is 67.7 Å². The first kappa shape index (κ1) is 19.1. The van der Waals surface area contributed by atoms with Crippen LogP contribution in [0.2, 0.25) is 0 Å². The zero-order valence-corrected chi connectivity index (χ0v) is 15.4. The maximum Gasteiger partial charge on any atom is 0.409 e. The highest BCUT2D eigenvalue weighted by Crippen LogP contribution is 2.06. The molecule has 25 heavy (non-hydrogen) atoms. The molecule has 1 saturated heterocycles. The fourth-order valence-corrected chi connectivity index (χ4v) is 2.85. The summed E-state index contributed by atoms with van der Waals surface area (Å²) in [6, 6.07) is 10.5. The lowest BCUT2D eigenvalue weighted by Gasteiger charge is -2.35. The van der Waals surface area contributed by atoms with Crippen LogP contribution < -0.4 is 5.32 Å². The van der Waals surface area contributed by atoms with Crippen LogP contribution in [0.5, 0.6) is 0 Å². The third-order valence-electron chi connectivity index (χ3n) is 4.17. The van der Waals surface area contributed by atoms with E-state index in [-0.39, 0.29) is 6.09 Å². The summed E-state index contributed by atoms with van der Waals surface area (Å²) in [6.07, 6.45) is 1.86. The minimum atomic E-state index is -0.216. The van der Waals surface area contributed by atoms with Crippen molar-refractivity contribution >= 4 is 12.1 Å². The standard InChI is InChI=1S/C19H30N4O2/c1-3-20-18(21-12-8-11-17-9-6-5-7-10-17)22-13-15-23(16-14-22)19(24)25-4-2/h5-7,9-10H,3-4,8,11-16H2,1-2H3,(H,20,21). The number of carbonyl (C=O) groups is 1. The van der Waals surface area contributed by atoms with E-state index in [2.05, 4.69) is 41.4 Å². The average Bonchev–Trinajstić information content (AvgIpc) is 2.65. The summed E-state index contributed by atoms with van der Waals surface area (Å²) < 4.78 is 5.07. The van der Waals surface area contributed by atoms with Gasteiger partial charge in [-0.15, -0.1) is 0 Å². The van der Waals surface area contributed by atoms with Crippen molar-refractivity contribution in [2.45, 2.75) is 26.7 Å². The Morgan fingerprint density at radius 3 is 2.44 bits per heavy atom. The molecule has 0 aliphatic carbocycles. The Kier molecular flexibility index (Phi) is 8.09. The van der Waals surface area contributed by atoms with Crippen LogP contribution in [0, 0.1) is 0 Å². The third kappa shape index (κ3) is 6.29. The molecule has 0 radical (unpaired) electrons. The highest BCUT2D eigenvalue weighted by Gasteiger charge is 2.23. The molecule has 1 heterocycles. The van der Waals surface area contributed by atoms with E-state index in [0.29, 0.717) is 19.7 Å². The summed E-state index contributed by atoms with van der Waals surface area (Å²) >= 11 is 0. The summed E-state index contributed by atoms with van der Waals surface area (Å²) in [5.74, 6) is 0.944. The lowest BCUT2D eigenvalue weighted by atomic mass is 10.1. The van der Waals surface area contributed by atoms with Crippen molar-refractivity contribution < 1.29 is 9.53 Å². The van der Waals surface area contributed by atoms with E-state index in [1.165, 1.54) is 5.56 Å². The van der Waals surface area contributed by atoms with Crippen molar-refractivity contribution in [1.82, 2.24) is 15.1 Å². The number of amides is 1. The molecule has 0 aromatic heterocycles. The predicted octanol–water partition coefficient (Wildman–Crippen LogP) is 2.36. The van der Waals surface area contributed by atoms with Crippen LogP contribution in [0.1, 0.15) is 25.8 Å². The molecule has 0 unspecified atom stereocenters. The molecule has 6 nitrogen and oxygen atoms in total. The molecular formula is C19H30N4O2. The molecule has 0 spiro atoms. The lowest BCUT2D eigenvalue weighted by molar-refractivity contribution is 0.0914. The van der Waals surface area contributed by atoms with Crippen molar-refractivity contribution in [3.8, 4) is 0 Å². The summed E-state index contributed by atoms with van der Waals surface area (Å²) in [7, 11) is 0. The summed E-state index contributed by atoms with van der Waals surface area (Å²) in [6.45, 7) is 8.89. The molecule has 1 aromatic rings. The summed E-state index contributed by atoms with van der Waals surface area (Å²) in [5.41, 5.74) is 1.35. The Morgan fingerprint density at radius 2 is 1.80 bits per heavy atom. The number of carbonyl (C=O) groups excluding carboxylic acids is 1. The molecule has 0 bridgehead atoms. The van der Waals surface area contributed by atoms with Crippen molar-refractivity contribution in [1.29, 1.82) is 0 Å². The first-order chi connectivity index (χ1) is 12.2. The van der Waals surface area contributed by atoms with Gasteiger partial charge in [0.15, 0.2) is 5.96 Å². The van der Waals surface area contributed by atoms with E-state index in [9.17, 15) is 4.79 Å². The van der Waals surface area contributed by atoms with Gasteiger partial charge in [-0.25, -0.2) is 4.79 Å². The van der Waals surface area contributed by atoms with Gasteiger partial charge in [0.1, 0.15) is 0 Å². The number of aliphatic imine (C=N–C) groups is 1. The topological polar surface area (TPSA) is 57.2 Å². The Labute approximate surface area is 150 Å². The number of benzene rings is 1. The predicted molar refractivity (Wildman–Crippen MR) is 101 cm³/mol. The first-order valence-corrected chi connectivity index (χ1v) is 9.23. The molecule has 138 valence electrons.